The van der Waals surface area contributed by atoms with Crippen molar-refractivity contribution >= 4 is 17.4 Å². The van der Waals surface area contributed by atoms with Crippen molar-refractivity contribution in [2.75, 3.05) is 0 Å². The Kier molecular flexibility index (Phi) is 4.17. The molecule has 0 atom stereocenters. The van der Waals surface area contributed by atoms with Crippen molar-refractivity contribution in [1.82, 2.24) is 0 Å². The lowest BCUT2D eigenvalue weighted by Gasteiger charge is -2.09. The quantitative estimate of drug-likeness (QED) is 0.781. The lowest BCUT2D eigenvalue weighted by molar-refractivity contribution is 0.101. The Labute approximate surface area is 115 Å². The molecule has 0 amide bonds. The minimum absolute atomic E-state index is 0.0671. The van der Waals surface area contributed by atoms with E-state index in [2.05, 4.69) is 0 Å². The summed E-state index contributed by atoms with van der Waals surface area (Å²) in [4.78, 5) is 11.2. The highest BCUT2D eigenvalue weighted by Crippen LogP contribution is 2.26. The van der Waals surface area contributed by atoms with Gasteiger partial charge in [0.25, 0.3) is 0 Å². The Bertz CT molecular complexity index is 611. The number of hydrogen-bond acceptors (Lipinski definition) is 2. The third-order valence-corrected chi connectivity index (χ3v) is 2.97. The Morgan fingerprint density at radius 3 is 2.63 bits per heavy atom. The van der Waals surface area contributed by atoms with Crippen LogP contribution in [0.2, 0.25) is 5.02 Å². The molecule has 0 bridgehead atoms. The second-order valence-corrected chi connectivity index (χ2v) is 4.49. The van der Waals surface area contributed by atoms with E-state index in [-0.39, 0.29) is 18.2 Å². The molecule has 0 fully saturated rings. The fourth-order valence-electron chi connectivity index (χ4n) is 1.61. The number of hydrogen-bond donors (Lipinski definition) is 0. The molecule has 0 aliphatic rings. The van der Waals surface area contributed by atoms with E-state index >= 15 is 0 Å². The number of halogens is 2. The largest absolute Gasteiger partial charge is 0.487 e. The summed E-state index contributed by atoms with van der Waals surface area (Å²) in [6.45, 7) is 1.55. The van der Waals surface area contributed by atoms with E-state index in [1.54, 1.807) is 36.4 Å². The second-order valence-electron chi connectivity index (χ2n) is 4.08. The molecular weight excluding hydrogens is 267 g/mol. The van der Waals surface area contributed by atoms with Gasteiger partial charge in [-0.3, -0.25) is 4.79 Å². The average molecular weight is 279 g/mol. The lowest BCUT2D eigenvalue weighted by Crippen LogP contribution is -1.99. The van der Waals surface area contributed by atoms with Crippen molar-refractivity contribution in [2.45, 2.75) is 13.5 Å². The summed E-state index contributed by atoms with van der Waals surface area (Å²) in [5.74, 6) is 0.0384. The van der Waals surface area contributed by atoms with Crippen molar-refractivity contribution < 1.29 is 13.9 Å². The topological polar surface area (TPSA) is 26.3 Å². The average Bonchev–Trinajstić information content (AvgIpc) is 2.39. The zero-order valence-corrected chi connectivity index (χ0v) is 11.1. The van der Waals surface area contributed by atoms with Crippen molar-refractivity contribution in [3.63, 3.8) is 0 Å². The molecule has 2 nitrogen and oxygen atoms in total. The standard InChI is InChI=1S/C15H12ClFO2/c1-10(18)11-6-7-15(13(16)8-11)19-9-12-4-2-3-5-14(12)17/h2-8H,9H2,1H3. The number of ketones is 1. The molecule has 0 unspecified atom stereocenters. The minimum atomic E-state index is -0.320. The molecule has 0 spiro atoms. The maximum atomic E-state index is 13.4. The third kappa shape index (κ3) is 3.32. The summed E-state index contributed by atoms with van der Waals surface area (Å²) in [7, 11) is 0. The van der Waals surface area contributed by atoms with Crippen molar-refractivity contribution in [3.8, 4) is 5.75 Å². The van der Waals surface area contributed by atoms with Crippen LogP contribution in [0.4, 0.5) is 4.39 Å². The molecule has 2 rings (SSSR count). The lowest BCUT2D eigenvalue weighted by atomic mass is 10.1. The van der Waals surface area contributed by atoms with Crippen LogP contribution in [0.3, 0.4) is 0 Å². The smallest absolute Gasteiger partial charge is 0.159 e. The van der Waals surface area contributed by atoms with Gasteiger partial charge in [-0.2, -0.15) is 0 Å². The minimum Gasteiger partial charge on any atom is -0.487 e. The molecule has 0 heterocycles. The van der Waals surface area contributed by atoms with Gasteiger partial charge in [-0.1, -0.05) is 29.8 Å². The maximum Gasteiger partial charge on any atom is 0.159 e. The highest BCUT2D eigenvalue weighted by molar-refractivity contribution is 6.32. The first-order chi connectivity index (χ1) is 9.08. The zero-order valence-electron chi connectivity index (χ0n) is 10.3. The molecule has 4 heteroatoms. The molecular formula is C15H12ClFO2. The van der Waals surface area contributed by atoms with Crippen LogP contribution >= 0.6 is 11.6 Å². The van der Waals surface area contributed by atoms with Crippen molar-refractivity contribution in [2.24, 2.45) is 0 Å². The van der Waals surface area contributed by atoms with Gasteiger partial charge in [0.05, 0.1) is 5.02 Å². The van der Waals surface area contributed by atoms with Crippen LogP contribution in [0.15, 0.2) is 42.5 Å². The zero-order chi connectivity index (χ0) is 13.8. The van der Waals surface area contributed by atoms with Gasteiger partial charge < -0.3 is 4.74 Å². The molecule has 2 aromatic carbocycles. The van der Waals surface area contributed by atoms with Gasteiger partial charge in [0.2, 0.25) is 0 Å². The maximum absolute atomic E-state index is 13.4. The molecule has 19 heavy (non-hydrogen) atoms. The van der Waals surface area contributed by atoms with Crippen molar-refractivity contribution in [3.05, 3.63) is 64.4 Å². The first kappa shape index (κ1) is 13.6. The molecule has 0 radical (unpaired) electrons. The van der Waals surface area contributed by atoms with Gasteiger partial charge in [0.15, 0.2) is 5.78 Å². The number of Topliss-reactive ketones (excluding diaryl/α,β-unsaturated/α-hetero) is 1. The first-order valence-corrected chi connectivity index (χ1v) is 6.12. The second kappa shape index (κ2) is 5.85. The summed E-state index contributed by atoms with van der Waals surface area (Å²) in [6, 6.07) is 11.2. The van der Waals surface area contributed by atoms with E-state index in [0.29, 0.717) is 21.9 Å². The number of carbonyl (C=O) groups is 1. The summed E-state index contributed by atoms with van der Waals surface area (Å²) in [6.07, 6.45) is 0. The molecule has 2 aromatic rings. The summed E-state index contributed by atoms with van der Waals surface area (Å²) in [5, 5.41) is 0.337. The number of ether oxygens (including phenoxy) is 1. The molecule has 0 aliphatic heterocycles. The van der Waals surface area contributed by atoms with E-state index < -0.39 is 0 Å². The Morgan fingerprint density at radius 2 is 2.00 bits per heavy atom. The first-order valence-electron chi connectivity index (χ1n) is 5.74. The molecule has 0 N–H and O–H groups in total. The van der Waals surface area contributed by atoms with E-state index in [1.165, 1.54) is 13.0 Å². The molecule has 0 aliphatic carbocycles. The summed E-state index contributed by atoms with van der Waals surface area (Å²) < 4.78 is 18.9. The number of rotatable bonds is 4. The van der Waals surface area contributed by atoms with E-state index in [1.807, 2.05) is 0 Å². The van der Waals surface area contributed by atoms with E-state index in [9.17, 15) is 9.18 Å². The summed E-state index contributed by atoms with van der Waals surface area (Å²) >= 11 is 6.01. The number of carbonyl (C=O) groups excluding carboxylic acids is 1. The predicted molar refractivity (Wildman–Crippen MR) is 72.2 cm³/mol. The third-order valence-electron chi connectivity index (χ3n) is 2.68. The SMILES string of the molecule is CC(=O)c1ccc(OCc2ccccc2F)c(Cl)c1. The van der Waals surface area contributed by atoms with E-state index in [4.69, 9.17) is 16.3 Å². The van der Waals surface area contributed by atoms with Crippen molar-refractivity contribution in [1.29, 1.82) is 0 Å². The molecule has 98 valence electrons. The monoisotopic (exact) mass is 278 g/mol. The normalized spacial score (nSPS) is 10.3. The van der Waals surface area contributed by atoms with Crippen LogP contribution in [0.25, 0.3) is 0 Å². The molecule has 0 aromatic heterocycles. The predicted octanol–water partition coefficient (Wildman–Crippen LogP) is 4.26. The van der Waals surface area contributed by atoms with Crippen LogP contribution in [-0.2, 0) is 6.61 Å². The van der Waals surface area contributed by atoms with Gasteiger partial charge in [0.1, 0.15) is 18.2 Å². The highest BCUT2D eigenvalue weighted by Gasteiger charge is 2.07. The van der Waals surface area contributed by atoms with Gasteiger partial charge >= 0.3 is 0 Å². The van der Waals surface area contributed by atoms with Crippen LogP contribution < -0.4 is 4.74 Å². The molecule has 0 saturated heterocycles. The molecule has 0 saturated carbocycles. The van der Waals surface area contributed by atoms with Crippen LogP contribution in [0.1, 0.15) is 22.8 Å². The Hall–Kier alpha value is -1.87. The van der Waals surface area contributed by atoms with Crippen LogP contribution in [0, 0.1) is 5.82 Å². The summed E-state index contributed by atoms with van der Waals surface area (Å²) in [5.41, 5.74) is 0.970. The Balaban J connectivity index is 2.12. The fraction of sp³-hybridized carbons (Fsp3) is 0.133. The highest BCUT2D eigenvalue weighted by atomic mass is 35.5. The van der Waals surface area contributed by atoms with E-state index in [0.717, 1.165) is 0 Å². The van der Waals surface area contributed by atoms with Gasteiger partial charge in [-0.15, -0.1) is 0 Å². The van der Waals surface area contributed by atoms with Gasteiger partial charge in [0, 0.05) is 11.1 Å². The van der Waals surface area contributed by atoms with Crippen LogP contribution in [0.5, 0.6) is 5.75 Å². The van der Waals surface area contributed by atoms with Crippen LogP contribution in [-0.4, -0.2) is 5.78 Å². The number of benzene rings is 2. The Morgan fingerprint density at radius 1 is 1.26 bits per heavy atom. The fourth-order valence-corrected chi connectivity index (χ4v) is 1.84. The van der Waals surface area contributed by atoms with Gasteiger partial charge in [-0.25, -0.2) is 4.39 Å². The van der Waals surface area contributed by atoms with Gasteiger partial charge in [-0.05, 0) is 31.2 Å².